The minimum atomic E-state index is -0.777. The van der Waals surface area contributed by atoms with Crippen LogP contribution in [0.4, 0.5) is 0 Å². The van der Waals surface area contributed by atoms with Gasteiger partial charge >= 0.3 is 5.97 Å². The molecule has 0 saturated heterocycles. The molecule has 0 aromatic heterocycles. The fourth-order valence-corrected chi connectivity index (χ4v) is 4.96. The summed E-state index contributed by atoms with van der Waals surface area (Å²) in [6.45, 7) is 1.77. The van der Waals surface area contributed by atoms with Crippen molar-refractivity contribution in [1.82, 2.24) is 0 Å². The standard InChI is InChI=1S/C25H24ClNO5/c1-13-21(25(30)32-3)22(16-9-17(26)24(29)20(12-16)31-2)23-18(27-13)10-15(11-19(23)28)14-7-5-4-6-8-14/h4-9,12,15,21-22,29H,10-11H2,1-3H3/t15-,21?,22+/m1/s1. The number of aromatic hydroxyl groups is 1. The number of Topliss-reactive ketones (excluding diaryl/α,β-unsaturated/α-hetero) is 1. The number of phenols is 1. The number of benzene rings is 2. The molecule has 1 heterocycles. The molecule has 3 atom stereocenters. The second-order valence-corrected chi connectivity index (χ2v) is 8.49. The fraction of sp³-hybridized carbons (Fsp3) is 0.320. The average Bonchev–Trinajstić information content (AvgIpc) is 2.79. The van der Waals surface area contributed by atoms with Crippen LogP contribution in [0.25, 0.3) is 0 Å². The van der Waals surface area contributed by atoms with Gasteiger partial charge in [0.25, 0.3) is 0 Å². The van der Waals surface area contributed by atoms with E-state index in [0.717, 1.165) is 5.56 Å². The number of rotatable bonds is 4. The first-order valence-corrected chi connectivity index (χ1v) is 10.7. The summed E-state index contributed by atoms with van der Waals surface area (Å²) in [5.74, 6) is -1.95. The molecule has 0 saturated carbocycles. The number of halogens is 1. The lowest BCUT2D eigenvalue weighted by molar-refractivity contribution is -0.143. The Kier molecular flexibility index (Phi) is 6.07. The van der Waals surface area contributed by atoms with Crippen molar-refractivity contribution in [1.29, 1.82) is 0 Å². The van der Waals surface area contributed by atoms with E-state index in [-0.39, 0.29) is 28.2 Å². The molecule has 166 valence electrons. The van der Waals surface area contributed by atoms with Crippen LogP contribution in [0.2, 0.25) is 5.02 Å². The zero-order valence-corrected chi connectivity index (χ0v) is 18.8. The summed E-state index contributed by atoms with van der Waals surface area (Å²) in [6.07, 6.45) is 0.917. The van der Waals surface area contributed by atoms with Gasteiger partial charge in [0.2, 0.25) is 0 Å². The van der Waals surface area contributed by atoms with Gasteiger partial charge in [0.1, 0.15) is 5.92 Å². The summed E-state index contributed by atoms with van der Waals surface area (Å²) in [5, 5.41) is 10.3. The van der Waals surface area contributed by atoms with Crippen LogP contribution in [0.5, 0.6) is 11.5 Å². The molecule has 0 spiro atoms. The molecule has 0 amide bonds. The molecule has 1 aliphatic carbocycles. The molecule has 32 heavy (non-hydrogen) atoms. The molecular formula is C25H24ClNO5. The van der Waals surface area contributed by atoms with Gasteiger partial charge in [0.15, 0.2) is 17.3 Å². The predicted octanol–water partition coefficient (Wildman–Crippen LogP) is 4.80. The number of aliphatic imine (C=N–C) groups is 1. The monoisotopic (exact) mass is 453 g/mol. The van der Waals surface area contributed by atoms with Gasteiger partial charge in [-0.3, -0.25) is 14.6 Å². The molecule has 0 bridgehead atoms. The second-order valence-electron chi connectivity index (χ2n) is 8.08. The predicted molar refractivity (Wildman–Crippen MR) is 121 cm³/mol. The van der Waals surface area contributed by atoms with Gasteiger partial charge in [-0.05, 0) is 42.5 Å². The summed E-state index contributed by atoms with van der Waals surface area (Å²) < 4.78 is 10.3. The molecular weight excluding hydrogens is 430 g/mol. The normalized spacial score (nSPS) is 22.8. The highest BCUT2D eigenvalue weighted by Crippen LogP contribution is 2.49. The maximum atomic E-state index is 13.5. The van der Waals surface area contributed by atoms with Gasteiger partial charge in [0, 0.05) is 29.3 Å². The first-order valence-electron chi connectivity index (χ1n) is 10.4. The molecule has 1 N–H and O–H groups in total. The van der Waals surface area contributed by atoms with Gasteiger partial charge < -0.3 is 14.6 Å². The number of phenolic OH excluding ortho intramolecular Hbond substituents is 1. The summed E-state index contributed by atoms with van der Waals surface area (Å²) in [4.78, 5) is 31.0. The second kappa shape index (κ2) is 8.79. The number of esters is 1. The SMILES string of the molecule is COC(=O)C1C(C)=NC2=C(C(=O)C[C@H](c3ccccc3)C2)[C@H]1c1cc(Cl)c(O)c(OC)c1. The molecule has 2 aliphatic rings. The third-order valence-corrected chi connectivity index (χ3v) is 6.53. The van der Waals surface area contributed by atoms with E-state index < -0.39 is 17.8 Å². The van der Waals surface area contributed by atoms with Gasteiger partial charge in [-0.25, -0.2) is 0 Å². The Morgan fingerprint density at radius 3 is 2.50 bits per heavy atom. The first-order chi connectivity index (χ1) is 15.3. The fourth-order valence-electron chi connectivity index (χ4n) is 4.74. The molecule has 0 radical (unpaired) electrons. The number of hydrogen-bond donors (Lipinski definition) is 1. The molecule has 1 aliphatic heterocycles. The highest BCUT2D eigenvalue weighted by molar-refractivity contribution is 6.32. The van der Waals surface area contributed by atoms with Crippen molar-refractivity contribution < 1.29 is 24.2 Å². The number of carbonyl (C=O) groups is 2. The maximum absolute atomic E-state index is 13.5. The number of methoxy groups -OCH3 is 2. The van der Waals surface area contributed by atoms with Crippen LogP contribution in [0, 0.1) is 5.92 Å². The molecule has 7 heteroatoms. The van der Waals surface area contributed by atoms with Crippen LogP contribution >= 0.6 is 11.6 Å². The quantitative estimate of drug-likeness (QED) is 0.672. The summed E-state index contributed by atoms with van der Waals surface area (Å²) in [7, 11) is 2.73. The average molecular weight is 454 g/mol. The first kappa shape index (κ1) is 22.1. The van der Waals surface area contributed by atoms with E-state index in [2.05, 4.69) is 0 Å². The number of carbonyl (C=O) groups excluding carboxylic acids is 2. The summed E-state index contributed by atoms with van der Waals surface area (Å²) in [5.41, 5.74) is 3.43. The number of ether oxygens (including phenoxy) is 2. The van der Waals surface area contributed by atoms with E-state index in [1.54, 1.807) is 19.1 Å². The van der Waals surface area contributed by atoms with Crippen molar-refractivity contribution in [3.8, 4) is 11.5 Å². The van der Waals surface area contributed by atoms with E-state index in [9.17, 15) is 14.7 Å². The van der Waals surface area contributed by atoms with Crippen molar-refractivity contribution in [2.24, 2.45) is 10.9 Å². The minimum absolute atomic E-state index is 0.0206. The number of allylic oxidation sites excluding steroid dienone is 2. The number of ketones is 1. The van der Waals surface area contributed by atoms with Crippen molar-refractivity contribution in [3.63, 3.8) is 0 Å². The topological polar surface area (TPSA) is 85.2 Å². The van der Waals surface area contributed by atoms with Gasteiger partial charge in [0.05, 0.1) is 19.2 Å². The Bertz CT molecular complexity index is 1140. The lowest BCUT2D eigenvalue weighted by Crippen LogP contribution is -2.37. The van der Waals surface area contributed by atoms with Crippen LogP contribution in [-0.4, -0.2) is 36.8 Å². The van der Waals surface area contributed by atoms with Crippen molar-refractivity contribution >= 4 is 29.1 Å². The highest BCUT2D eigenvalue weighted by Gasteiger charge is 2.45. The Balaban J connectivity index is 1.87. The van der Waals surface area contributed by atoms with Crippen molar-refractivity contribution in [2.75, 3.05) is 14.2 Å². The van der Waals surface area contributed by atoms with Crippen LogP contribution in [0.3, 0.4) is 0 Å². The lowest BCUT2D eigenvalue weighted by Gasteiger charge is -2.36. The van der Waals surface area contributed by atoms with Crippen LogP contribution < -0.4 is 4.74 Å². The van der Waals surface area contributed by atoms with E-state index in [1.165, 1.54) is 14.2 Å². The smallest absolute Gasteiger partial charge is 0.315 e. The number of nitrogens with zero attached hydrogens (tertiary/aromatic N) is 1. The Labute approximate surface area is 191 Å². The third-order valence-electron chi connectivity index (χ3n) is 6.24. The van der Waals surface area contributed by atoms with Gasteiger partial charge in [-0.15, -0.1) is 0 Å². The maximum Gasteiger partial charge on any atom is 0.315 e. The van der Waals surface area contributed by atoms with Crippen molar-refractivity contribution in [3.05, 3.63) is 69.9 Å². The van der Waals surface area contributed by atoms with E-state index in [4.69, 9.17) is 26.1 Å². The largest absolute Gasteiger partial charge is 0.503 e. The lowest BCUT2D eigenvalue weighted by atomic mass is 9.69. The number of hydrogen-bond acceptors (Lipinski definition) is 6. The molecule has 0 fully saturated rings. The van der Waals surface area contributed by atoms with E-state index in [1.807, 2.05) is 30.3 Å². The van der Waals surface area contributed by atoms with Crippen LogP contribution in [0.15, 0.2) is 58.7 Å². The van der Waals surface area contributed by atoms with Crippen molar-refractivity contribution in [2.45, 2.75) is 31.6 Å². The third kappa shape index (κ3) is 3.79. The molecule has 4 rings (SSSR count). The minimum Gasteiger partial charge on any atom is -0.503 e. The highest BCUT2D eigenvalue weighted by atomic mass is 35.5. The van der Waals surface area contributed by atoms with Crippen LogP contribution in [-0.2, 0) is 14.3 Å². The Morgan fingerprint density at radius 2 is 1.84 bits per heavy atom. The summed E-state index contributed by atoms with van der Waals surface area (Å²) >= 11 is 6.25. The zero-order chi connectivity index (χ0) is 23.0. The Hall–Kier alpha value is -3.12. The van der Waals surface area contributed by atoms with Crippen LogP contribution in [0.1, 0.15) is 42.7 Å². The molecule has 1 unspecified atom stereocenters. The van der Waals surface area contributed by atoms with Gasteiger partial charge in [-0.2, -0.15) is 0 Å². The zero-order valence-electron chi connectivity index (χ0n) is 18.1. The summed E-state index contributed by atoms with van der Waals surface area (Å²) in [6, 6.07) is 13.1. The van der Waals surface area contributed by atoms with Gasteiger partial charge in [-0.1, -0.05) is 41.9 Å². The Morgan fingerprint density at radius 1 is 1.12 bits per heavy atom. The molecule has 6 nitrogen and oxygen atoms in total. The molecule has 2 aromatic rings. The van der Waals surface area contributed by atoms with E-state index >= 15 is 0 Å². The molecule has 2 aromatic carbocycles. The van der Waals surface area contributed by atoms with E-state index in [0.29, 0.717) is 35.4 Å².